The van der Waals surface area contributed by atoms with Crippen LogP contribution in [0.4, 0.5) is 0 Å². The minimum atomic E-state index is 0.638. The summed E-state index contributed by atoms with van der Waals surface area (Å²) in [5.74, 6) is 0. The van der Waals surface area contributed by atoms with Gasteiger partial charge in [-0.05, 0) is 24.3 Å². The molecule has 0 bridgehead atoms. The van der Waals surface area contributed by atoms with Gasteiger partial charge in [-0.1, -0.05) is 30.3 Å². The molecule has 4 heteroatoms. The average Bonchev–Trinajstić information content (AvgIpc) is 2.98. The third kappa shape index (κ3) is 2.28. The molecule has 2 aromatic carbocycles. The molecule has 4 nitrogen and oxygen atoms in total. The maximum Gasteiger partial charge on any atom is 0.150 e. The van der Waals surface area contributed by atoms with Gasteiger partial charge >= 0.3 is 0 Å². The Balaban J connectivity index is 1.94. The molecule has 0 saturated heterocycles. The molecule has 0 spiro atoms. The third-order valence-corrected chi connectivity index (χ3v) is 2.82. The van der Waals surface area contributed by atoms with E-state index in [1.165, 1.54) is 0 Å². The van der Waals surface area contributed by atoms with Gasteiger partial charge in [0.15, 0.2) is 0 Å². The molecule has 0 aliphatic carbocycles. The highest BCUT2D eigenvalue weighted by Gasteiger charge is 2.04. The zero-order valence-electron chi connectivity index (χ0n) is 10.1. The Hall–Kier alpha value is -2.75. The second kappa shape index (κ2) is 4.86. The van der Waals surface area contributed by atoms with E-state index in [0.717, 1.165) is 23.2 Å². The van der Waals surface area contributed by atoms with E-state index in [4.69, 9.17) is 0 Å². The van der Waals surface area contributed by atoms with E-state index < -0.39 is 0 Å². The van der Waals surface area contributed by atoms with E-state index in [9.17, 15) is 4.79 Å². The standard InChI is InChI=1S/C15H11N3O/c19-11-12-6-8-14(9-7-12)18-16-10-15(17-18)13-4-2-1-3-5-13/h1-11H. The summed E-state index contributed by atoms with van der Waals surface area (Å²) in [5, 5.41) is 8.66. The van der Waals surface area contributed by atoms with Crippen molar-refractivity contribution in [3.05, 3.63) is 66.4 Å². The van der Waals surface area contributed by atoms with E-state index in [0.29, 0.717) is 5.56 Å². The number of carbonyl (C=O) groups excluding carboxylic acids is 1. The average molecular weight is 249 g/mol. The van der Waals surface area contributed by atoms with Crippen LogP contribution in [-0.2, 0) is 0 Å². The largest absolute Gasteiger partial charge is 0.298 e. The first kappa shape index (κ1) is 11.3. The van der Waals surface area contributed by atoms with Crippen LogP contribution >= 0.6 is 0 Å². The molecule has 0 radical (unpaired) electrons. The van der Waals surface area contributed by atoms with Crippen molar-refractivity contribution < 1.29 is 4.79 Å². The first-order valence-electron chi connectivity index (χ1n) is 5.90. The first-order valence-corrected chi connectivity index (χ1v) is 5.90. The second-order valence-electron chi connectivity index (χ2n) is 4.09. The Labute approximate surface area is 110 Å². The van der Waals surface area contributed by atoms with Crippen LogP contribution in [0.3, 0.4) is 0 Å². The maximum absolute atomic E-state index is 10.6. The van der Waals surface area contributed by atoms with Gasteiger partial charge in [0, 0.05) is 11.1 Å². The minimum absolute atomic E-state index is 0.638. The van der Waals surface area contributed by atoms with Crippen molar-refractivity contribution in [1.82, 2.24) is 15.0 Å². The van der Waals surface area contributed by atoms with Gasteiger partial charge < -0.3 is 0 Å². The van der Waals surface area contributed by atoms with E-state index >= 15 is 0 Å². The molecule has 3 aromatic rings. The minimum Gasteiger partial charge on any atom is -0.298 e. The molecule has 1 aromatic heterocycles. The van der Waals surface area contributed by atoms with Gasteiger partial charge in [-0.3, -0.25) is 4.79 Å². The fraction of sp³-hybridized carbons (Fsp3) is 0. The van der Waals surface area contributed by atoms with Crippen molar-refractivity contribution >= 4 is 6.29 Å². The van der Waals surface area contributed by atoms with E-state index in [1.54, 1.807) is 23.1 Å². The van der Waals surface area contributed by atoms with Crippen molar-refractivity contribution in [2.75, 3.05) is 0 Å². The lowest BCUT2D eigenvalue weighted by Gasteiger charge is -1.99. The number of rotatable bonds is 3. The number of carbonyl (C=O) groups is 1. The molecule has 0 atom stereocenters. The summed E-state index contributed by atoms with van der Waals surface area (Å²) in [6.45, 7) is 0. The summed E-state index contributed by atoms with van der Waals surface area (Å²) in [6.07, 6.45) is 2.54. The number of hydrogen-bond donors (Lipinski definition) is 0. The number of benzene rings is 2. The molecule has 0 fully saturated rings. The topological polar surface area (TPSA) is 47.8 Å². The normalized spacial score (nSPS) is 10.3. The molecule has 0 N–H and O–H groups in total. The summed E-state index contributed by atoms with van der Waals surface area (Å²) in [6, 6.07) is 17.0. The van der Waals surface area contributed by atoms with Crippen molar-refractivity contribution in [2.45, 2.75) is 0 Å². The molecule has 0 aliphatic rings. The fourth-order valence-corrected chi connectivity index (χ4v) is 1.81. The predicted molar refractivity (Wildman–Crippen MR) is 72.2 cm³/mol. The number of hydrogen-bond acceptors (Lipinski definition) is 3. The lowest BCUT2D eigenvalue weighted by atomic mass is 10.2. The smallest absolute Gasteiger partial charge is 0.150 e. The van der Waals surface area contributed by atoms with Crippen molar-refractivity contribution in [2.24, 2.45) is 0 Å². The molecule has 3 rings (SSSR count). The monoisotopic (exact) mass is 249 g/mol. The van der Waals surface area contributed by atoms with E-state index in [-0.39, 0.29) is 0 Å². The van der Waals surface area contributed by atoms with E-state index in [1.807, 2.05) is 42.5 Å². The molecular formula is C15H11N3O. The first-order chi connectivity index (χ1) is 9.36. The van der Waals surface area contributed by atoms with Crippen LogP contribution in [0.25, 0.3) is 16.9 Å². The summed E-state index contributed by atoms with van der Waals surface area (Å²) >= 11 is 0. The molecule has 0 aliphatic heterocycles. The van der Waals surface area contributed by atoms with Crippen LogP contribution in [0.15, 0.2) is 60.8 Å². The highest BCUT2D eigenvalue weighted by molar-refractivity contribution is 5.75. The van der Waals surface area contributed by atoms with Crippen LogP contribution in [0, 0.1) is 0 Å². The van der Waals surface area contributed by atoms with Gasteiger partial charge in [-0.2, -0.15) is 9.90 Å². The van der Waals surface area contributed by atoms with E-state index in [2.05, 4.69) is 10.2 Å². The van der Waals surface area contributed by atoms with Crippen LogP contribution < -0.4 is 0 Å². The lowest BCUT2D eigenvalue weighted by Crippen LogP contribution is -1.98. The Morgan fingerprint density at radius 1 is 0.947 bits per heavy atom. The van der Waals surface area contributed by atoms with Gasteiger partial charge in [-0.25, -0.2) is 0 Å². The van der Waals surface area contributed by atoms with Crippen molar-refractivity contribution in [3.8, 4) is 16.9 Å². The van der Waals surface area contributed by atoms with Gasteiger partial charge in [-0.15, -0.1) is 5.10 Å². The molecule has 19 heavy (non-hydrogen) atoms. The van der Waals surface area contributed by atoms with Crippen molar-refractivity contribution in [3.63, 3.8) is 0 Å². The Morgan fingerprint density at radius 2 is 1.68 bits per heavy atom. The zero-order valence-corrected chi connectivity index (χ0v) is 10.1. The van der Waals surface area contributed by atoms with Gasteiger partial charge in [0.1, 0.15) is 12.0 Å². The summed E-state index contributed by atoms with van der Waals surface area (Å²) in [4.78, 5) is 12.2. The quantitative estimate of drug-likeness (QED) is 0.670. The molecular weight excluding hydrogens is 238 g/mol. The Morgan fingerprint density at radius 3 is 2.37 bits per heavy atom. The maximum atomic E-state index is 10.6. The third-order valence-electron chi connectivity index (χ3n) is 2.82. The summed E-state index contributed by atoms with van der Waals surface area (Å²) < 4.78 is 0. The van der Waals surface area contributed by atoms with Crippen LogP contribution in [-0.4, -0.2) is 21.3 Å². The Kier molecular flexibility index (Phi) is 2.90. The van der Waals surface area contributed by atoms with Gasteiger partial charge in [0.25, 0.3) is 0 Å². The van der Waals surface area contributed by atoms with Gasteiger partial charge in [0.05, 0.1) is 11.9 Å². The molecule has 0 saturated carbocycles. The SMILES string of the molecule is O=Cc1ccc(-n2ncc(-c3ccccc3)n2)cc1. The number of nitrogens with zero attached hydrogens (tertiary/aromatic N) is 3. The summed E-state index contributed by atoms with van der Waals surface area (Å²) in [7, 11) is 0. The predicted octanol–water partition coefficient (Wildman–Crippen LogP) is 2.75. The Bertz CT molecular complexity index is 687. The van der Waals surface area contributed by atoms with Gasteiger partial charge in [0.2, 0.25) is 0 Å². The zero-order chi connectivity index (χ0) is 13.1. The molecule has 0 unspecified atom stereocenters. The lowest BCUT2D eigenvalue weighted by molar-refractivity contribution is 0.112. The second-order valence-corrected chi connectivity index (χ2v) is 4.09. The summed E-state index contributed by atoms with van der Waals surface area (Å²) in [5.41, 5.74) is 3.31. The number of aldehydes is 1. The highest BCUT2D eigenvalue weighted by Crippen LogP contribution is 2.16. The fourth-order valence-electron chi connectivity index (χ4n) is 1.81. The molecule has 92 valence electrons. The van der Waals surface area contributed by atoms with Crippen LogP contribution in [0.2, 0.25) is 0 Å². The van der Waals surface area contributed by atoms with Crippen LogP contribution in [0.5, 0.6) is 0 Å². The van der Waals surface area contributed by atoms with Crippen molar-refractivity contribution in [1.29, 1.82) is 0 Å². The van der Waals surface area contributed by atoms with Crippen LogP contribution in [0.1, 0.15) is 10.4 Å². The molecule has 0 amide bonds. The number of aromatic nitrogens is 3. The highest BCUT2D eigenvalue weighted by atomic mass is 16.1. The molecule has 1 heterocycles.